The molecule has 0 N–H and O–H groups in total. The van der Waals surface area contributed by atoms with E-state index in [2.05, 4.69) is 4.90 Å². The van der Waals surface area contributed by atoms with Crippen molar-refractivity contribution in [3.63, 3.8) is 0 Å². The van der Waals surface area contributed by atoms with Gasteiger partial charge in [0.15, 0.2) is 6.10 Å². The van der Waals surface area contributed by atoms with E-state index in [0.29, 0.717) is 26.1 Å². The lowest BCUT2D eigenvalue weighted by Crippen LogP contribution is -2.54. The van der Waals surface area contributed by atoms with Crippen molar-refractivity contribution in [3.05, 3.63) is 29.8 Å². The molecule has 25 heavy (non-hydrogen) atoms. The Kier molecular flexibility index (Phi) is 5.58. The topological polar surface area (TPSA) is 53.1 Å². The van der Waals surface area contributed by atoms with Crippen molar-refractivity contribution in [3.8, 4) is 5.75 Å². The molecule has 0 aromatic heterocycles. The third-order valence-corrected chi connectivity index (χ3v) is 5.08. The van der Waals surface area contributed by atoms with Crippen molar-refractivity contribution >= 4 is 11.8 Å². The second-order valence-corrected chi connectivity index (χ2v) is 6.59. The number of amides is 2. The van der Waals surface area contributed by atoms with E-state index in [1.807, 2.05) is 47.9 Å². The van der Waals surface area contributed by atoms with Crippen LogP contribution in [0.3, 0.4) is 0 Å². The molecule has 0 bridgehead atoms. The molecule has 1 atom stereocenters. The highest BCUT2D eigenvalue weighted by Crippen LogP contribution is 2.29. The summed E-state index contributed by atoms with van der Waals surface area (Å²) in [5.41, 5.74) is 1.10. The van der Waals surface area contributed by atoms with Crippen LogP contribution in [0.2, 0.25) is 0 Å². The lowest BCUT2D eigenvalue weighted by atomic mass is 10.1. The van der Waals surface area contributed by atoms with Gasteiger partial charge in [-0.15, -0.1) is 0 Å². The zero-order valence-electron chi connectivity index (χ0n) is 15.1. The largest absolute Gasteiger partial charge is 0.480 e. The number of piperazine rings is 1. The Balaban J connectivity index is 1.48. The van der Waals surface area contributed by atoms with E-state index in [-0.39, 0.29) is 11.8 Å². The fraction of sp³-hybridized carbons (Fsp3) is 0.579. The lowest BCUT2D eigenvalue weighted by molar-refractivity contribution is -0.140. The molecule has 3 rings (SSSR count). The predicted molar refractivity (Wildman–Crippen MR) is 95.5 cm³/mol. The Morgan fingerprint density at radius 2 is 1.80 bits per heavy atom. The number of benzene rings is 1. The first-order valence-corrected chi connectivity index (χ1v) is 9.15. The van der Waals surface area contributed by atoms with Gasteiger partial charge in [0, 0.05) is 45.7 Å². The molecule has 0 spiro atoms. The number of ether oxygens (including phenoxy) is 1. The van der Waals surface area contributed by atoms with Crippen LogP contribution < -0.4 is 4.74 Å². The maximum atomic E-state index is 12.7. The summed E-state index contributed by atoms with van der Waals surface area (Å²) in [4.78, 5) is 30.8. The van der Waals surface area contributed by atoms with Gasteiger partial charge in [-0.2, -0.15) is 0 Å². The van der Waals surface area contributed by atoms with E-state index in [0.717, 1.165) is 37.5 Å². The van der Waals surface area contributed by atoms with Crippen molar-refractivity contribution in [1.82, 2.24) is 14.7 Å². The molecule has 2 aliphatic rings. The van der Waals surface area contributed by atoms with E-state index in [4.69, 9.17) is 4.74 Å². The number of hydrogen-bond donors (Lipinski definition) is 0. The number of likely N-dealkylation sites (N-methyl/N-ethyl adjacent to an activating group) is 1. The number of fused-ring (bicyclic) bond motifs is 1. The fourth-order valence-corrected chi connectivity index (χ4v) is 3.52. The molecule has 6 nitrogen and oxygen atoms in total. The van der Waals surface area contributed by atoms with Crippen molar-refractivity contribution in [1.29, 1.82) is 0 Å². The van der Waals surface area contributed by atoms with Gasteiger partial charge >= 0.3 is 0 Å². The molecule has 1 aromatic carbocycles. The molecular formula is C19H27N3O3. The highest BCUT2D eigenvalue weighted by Gasteiger charge is 2.33. The maximum absolute atomic E-state index is 12.7. The minimum Gasteiger partial charge on any atom is -0.480 e. The number of hydrogen-bond acceptors (Lipinski definition) is 4. The van der Waals surface area contributed by atoms with Gasteiger partial charge in [-0.1, -0.05) is 18.2 Å². The van der Waals surface area contributed by atoms with Gasteiger partial charge in [0.05, 0.1) is 6.54 Å². The Hall–Kier alpha value is -2.08. The normalized spacial score (nSPS) is 20.1. The van der Waals surface area contributed by atoms with Crippen molar-refractivity contribution < 1.29 is 14.3 Å². The second kappa shape index (κ2) is 7.87. The van der Waals surface area contributed by atoms with Gasteiger partial charge in [-0.3, -0.25) is 14.5 Å². The minimum atomic E-state index is -0.402. The summed E-state index contributed by atoms with van der Waals surface area (Å²) in [6.45, 7) is 8.70. The second-order valence-electron chi connectivity index (χ2n) is 6.59. The highest BCUT2D eigenvalue weighted by atomic mass is 16.5. The molecule has 2 aliphatic heterocycles. The molecule has 1 aromatic rings. The van der Waals surface area contributed by atoms with Crippen LogP contribution in [-0.4, -0.2) is 78.4 Å². The van der Waals surface area contributed by atoms with Crippen LogP contribution in [0.4, 0.5) is 0 Å². The number of carbonyl (C=O) groups excluding carboxylic acids is 2. The number of rotatable bonds is 5. The van der Waals surface area contributed by atoms with E-state index < -0.39 is 6.10 Å². The van der Waals surface area contributed by atoms with Crippen LogP contribution in [0.1, 0.15) is 19.4 Å². The van der Waals surface area contributed by atoms with Crippen LogP contribution in [0.25, 0.3) is 0 Å². The molecule has 1 unspecified atom stereocenters. The third kappa shape index (κ3) is 3.95. The smallest absolute Gasteiger partial charge is 0.264 e. The average Bonchev–Trinajstić information content (AvgIpc) is 3.07. The molecule has 2 heterocycles. The fourth-order valence-electron chi connectivity index (χ4n) is 3.52. The molecule has 1 saturated heterocycles. The molecule has 2 amide bonds. The molecule has 0 radical (unpaired) electrons. The molecule has 0 aliphatic carbocycles. The summed E-state index contributed by atoms with van der Waals surface area (Å²) < 4.78 is 5.81. The van der Waals surface area contributed by atoms with Gasteiger partial charge in [0.1, 0.15) is 5.75 Å². The van der Waals surface area contributed by atoms with Crippen molar-refractivity contribution in [2.24, 2.45) is 0 Å². The quantitative estimate of drug-likeness (QED) is 0.799. The average molecular weight is 345 g/mol. The zero-order chi connectivity index (χ0) is 17.8. The van der Waals surface area contributed by atoms with E-state index >= 15 is 0 Å². The van der Waals surface area contributed by atoms with Gasteiger partial charge in [0.25, 0.3) is 5.91 Å². The molecule has 1 fully saturated rings. The van der Waals surface area contributed by atoms with Crippen LogP contribution in [0.5, 0.6) is 5.75 Å². The molecule has 136 valence electrons. The SMILES string of the molecule is CCN(CC)C(=O)CN1CCN(C(=O)C2Cc3ccccc3O2)CC1. The highest BCUT2D eigenvalue weighted by molar-refractivity contribution is 5.83. The standard InChI is InChI=1S/C19H27N3O3/c1-3-21(4-2)18(23)14-20-9-11-22(12-10-20)19(24)17-13-15-7-5-6-8-16(15)25-17/h5-8,17H,3-4,9-14H2,1-2H3. The van der Waals surface area contributed by atoms with Gasteiger partial charge < -0.3 is 14.5 Å². The maximum Gasteiger partial charge on any atom is 0.264 e. The van der Waals surface area contributed by atoms with Crippen LogP contribution >= 0.6 is 0 Å². The van der Waals surface area contributed by atoms with E-state index in [1.165, 1.54) is 0 Å². The summed E-state index contributed by atoms with van der Waals surface area (Å²) in [6, 6.07) is 7.83. The Morgan fingerprint density at radius 3 is 2.44 bits per heavy atom. The molecule has 6 heteroatoms. The predicted octanol–water partition coefficient (Wildman–Crippen LogP) is 1.00. The Morgan fingerprint density at radius 1 is 1.12 bits per heavy atom. The number of para-hydroxylation sites is 1. The first-order chi connectivity index (χ1) is 12.1. The lowest BCUT2D eigenvalue weighted by Gasteiger charge is -2.36. The molecular weight excluding hydrogens is 318 g/mol. The summed E-state index contributed by atoms with van der Waals surface area (Å²) in [5.74, 6) is 1.05. The van der Waals surface area contributed by atoms with Crippen LogP contribution in [0, 0.1) is 0 Å². The summed E-state index contributed by atoms with van der Waals surface area (Å²) in [5, 5.41) is 0. The Labute approximate surface area is 149 Å². The van der Waals surface area contributed by atoms with Gasteiger partial charge in [-0.05, 0) is 25.5 Å². The van der Waals surface area contributed by atoms with Crippen LogP contribution in [0.15, 0.2) is 24.3 Å². The summed E-state index contributed by atoms with van der Waals surface area (Å²) in [6.07, 6.45) is 0.247. The van der Waals surface area contributed by atoms with Crippen LogP contribution in [-0.2, 0) is 16.0 Å². The first kappa shape index (κ1) is 17.7. The molecule has 0 saturated carbocycles. The first-order valence-electron chi connectivity index (χ1n) is 9.15. The van der Waals surface area contributed by atoms with E-state index in [9.17, 15) is 9.59 Å². The number of carbonyl (C=O) groups is 2. The number of nitrogens with zero attached hydrogens (tertiary/aromatic N) is 3. The van der Waals surface area contributed by atoms with Crippen molar-refractivity contribution in [2.75, 3.05) is 45.8 Å². The van der Waals surface area contributed by atoms with Gasteiger partial charge in [0.2, 0.25) is 5.91 Å². The third-order valence-electron chi connectivity index (χ3n) is 5.08. The summed E-state index contributed by atoms with van der Waals surface area (Å²) >= 11 is 0. The zero-order valence-corrected chi connectivity index (χ0v) is 15.1. The summed E-state index contributed by atoms with van der Waals surface area (Å²) in [7, 11) is 0. The minimum absolute atomic E-state index is 0.0610. The van der Waals surface area contributed by atoms with Gasteiger partial charge in [-0.25, -0.2) is 0 Å². The monoisotopic (exact) mass is 345 g/mol. The van der Waals surface area contributed by atoms with E-state index in [1.54, 1.807) is 0 Å². The Bertz CT molecular complexity index is 597. The van der Waals surface area contributed by atoms with Crippen molar-refractivity contribution in [2.45, 2.75) is 26.4 Å².